The summed E-state index contributed by atoms with van der Waals surface area (Å²) in [6.07, 6.45) is 3.50. The van der Waals surface area contributed by atoms with Crippen molar-refractivity contribution >= 4 is 21.8 Å². The molecule has 0 spiro atoms. The lowest BCUT2D eigenvalue weighted by Crippen LogP contribution is -2.38. The van der Waals surface area contributed by atoms with Gasteiger partial charge in [0.15, 0.2) is 5.82 Å². The highest BCUT2D eigenvalue weighted by Gasteiger charge is 2.11. The van der Waals surface area contributed by atoms with Gasteiger partial charge in [0.25, 0.3) is 5.56 Å². The predicted molar refractivity (Wildman–Crippen MR) is 145 cm³/mol. The molecule has 0 aliphatic carbocycles. The van der Waals surface area contributed by atoms with Gasteiger partial charge in [0, 0.05) is 54.9 Å². The van der Waals surface area contributed by atoms with Crippen LogP contribution in [0.15, 0.2) is 77.9 Å². The van der Waals surface area contributed by atoms with Crippen LogP contribution in [0.25, 0.3) is 27.6 Å². The SMILES string of the molecule is O=c1ccc(-n2ccc3ccc(F)cc32)nn1CCOc1ccnc2cc(OCCN3CCOCC3)ccc12. The maximum atomic E-state index is 13.8. The molecule has 39 heavy (non-hydrogen) atoms. The fourth-order valence-electron chi connectivity index (χ4n) is 4.70. The van der Waals surface area contributed by atoms with Gasteiger partial charge in [-0.3, -0.25) is 19.2 Å². The van der Waals surface area contributed by atoms with Crippen LogP contribution in [-0.2, 0) is 11.3 Å². The molecule has 0 atom stereocenters. The highest BCUT2D eigenvalue weighted by atomic mass is 19.1. The van der Waals surface area contributed by atoms with E-state index in [1.165, 1.54) is 22.9 Å². The van der Waals surface area contributed by atoms with E-state index in [0.717, 1.165) is 54.9 Å². The van der Waals surface area contributed by atoms with Crippen LogP contribution in [0.3, 0.4) is 0 Å². The van der Waals surface area contributed by atoms with E-state index in [4.69, 9.17) is 14.2 Å². The Morgan fingerprint density at radius 2 is 1.79 bits per heavy atom. The van der Waals surface area contributed by atoms with Crippen molar-refractivity contribution in [3.63, 3.8) is 0 Å². The standard InChI is InChI=1S/C29H28FN5O4/c30-22-2-1-21-8-10-34(26(21)19-22)28-5-6-29(36)35(32-28)14-18-39-27-7-9-31-25-20-23(3-4-24(25)27)38-17-13-33-11-15-37-16-12-33/h1-10,19-20H,11-18H2. The van der Waals surface area contributed by atoms with Gasteiger partial charge in [-0.2, -0.15) is 5.10 Å². The smallest absolute Gasteiger partial charge is 0.266 e. The second-order valence-electron chi connectivity index (χ2n) is 9.28. The zero-order valence-electron chi connectivity index (χ0n) is 21.3. The van der Waals surface area contributed by atoms with Crippen LogP contribution < -0.4 is 15.0 Å². The highest BCUT2D eigenvalue weighted by molar-refractivity contribution is 5.86. The first-order valence-electron chi connectivity index (χ1n) is 12.9. The average Bonchev–Trinajstić information content (AvgIpc) is 3.37. The molecule has 1 fully saturated rings. The monoisotopic (exact) mass is 529 g/mol. The molecule has 0 radical (unpaired) electrons. The van der Waals surface area contributed by atoms with Crippen molar-refractivity contribution in [3.8, 4) is 17.3 Å². The Hall–Kier alpha value is -4.28. The number of ether oxygens (including phenoxy) is 3. The van der Waals surface area contributed by atoms with Gasteiger partial charge in [-0.25, -0.2) is 9.07 Å². The summed E-state index contributed by atoms with van der Waals surface area (Å²) in [4.78, 5) is 19.3. The van der Waals surface area contributed by atoms with E-state index < -0.39 is 0 Å². The van der Waals surface area contributed by atoms with E-state index >= 15 is 0 Å². The van der Waals surface area contributed by atoms with Crippen LogP contribution in [0, 0.1) is 5.82 Å². The van der Waals surface area contributed by atoms with Gasteiger partial charge in [0.2, 0.25) is 0 Å². The van der Waals surface area contributed by atoms with Crippen molar-refractivity contribution < 1.29 is 18.6 Å². The maximum absolute atomic E-state index is 13.8. The Bertz CT molecular complexity index is 1660. The summed E-state index contributed by atoms with van der Waals surface area (Å²) < 4.78 is 34.3. The summed E-state index contributed by atoms with van der Waals surface area (Å²) in [5, 5.41) is 6.23. The number of aromatic nitrogens is 4. The second-order valence-corrected chi connectivity index (χ2v) is 9.28. The minimum absolute atomic E-state index is 0.230. The Morgan fingerprint density at radius 3 is 2.69 bits per heavy atom. The zero-order chi connectivity index (χ0) is 26.6. The normalized spacial score (nSPS) is 14.2. The highest BCUT2D eigenvalue weighted by Crippen LogP contribution is 2.27. The summed E-state index contributed by atoms with van der Waals surface area (Å²) in [5.41, 5.74) is 1.19. The van der Waals surface area contributed by atoms with E-state index in [9.17, 15) is 9.18 Å². The lowest BCUT2D eigenvalue weighted by Gasteiger charge is -2.26. The summed E-state index contributed by atoms with van der Waals surface area (Å²) in [6.45, 7) is 5.31. The number of benzene rings is 2. The van der Waals surface area contributed by atoms with Crippen molar-refractivity contribution in [2.75, 3.05) is 46.1 Å². The van der Waals surface area contributed by atoms with Crippen LogP contribution in [0.5, 0.6) is 11.5 Å². The minimum Gasteiger partial charge on any atom is -0.492 e. The fraction of sp³-hybridized carbons (Fsp3) is 0.276. The summed E-state index contributed by atoms with van der Waals surface area (Å²) in [7, 11) is 0. The van der Waals surface area contributed by atoms with Crippen LogP contribution in [0.1, 0.15) is 0 Å². The molecule has 0 saturated carbocycles. The van der Waals surface area contributed by atoms with Crippen molar-refractivity contribution in [3.05, 3.63) is 89.2 Å². The number of morpholine rings is 1. The molecule has 1 saturated heterocycles. The van der Waals surface area contributed by atoms with Crippen molar-refractivity contribution in [2.24, 2.45) is 0 Å². The number of rotatable bonds is 9. The van der Waals surface area contributed by atoms with Gasteiger partial charge in [-0.15, -0.1) is 0 Å². The molecule has 3 aromatic heterocycles. The molecular weight excluding hydrogens is 501 g/mol. The molecule has 1 aliphatic heterocycles. The Morgan fingerprint density at radius 1 is 0.923 bits per heavy atom. The first-order valence-corrected chi connectivity index (χ1v) is 12.9. The van der Waals surface area contributed by atoms with Gasteiger partial charge >= 0.3 is 0 Å². The number of hydrogen-bond donors (Lipinski definition) is 0. The van der Waals surface area contributed by atoms with Crippen LogP contribution >= 0.6 is 0 Å². The van der Waals surface area contributed by atoms with Gasteiger partial charge in [-0.05, 0) is 48.5 Å². The molecule has 2 aromatic carbocycles. The third-order valence-corrected chi connectivity index (χ3v) is 6.77. The van der Waals surface area contributed by atoms with Gasteiger partial charge < -0.3 is 14.2 Å². The fourth-order valence-corrected chi connectivity index (χ4v) is 4.70. The molecule has 0 N–H and O–H groups in total. The molecule has 1 aliphatic rings. The van der Waals surface area contributed by atoms with Gasteiger partial charge in [-0.1, -0.05) is 0 Å². The second kappa shape index (κ2) is 11.2. The molecule has 0 amide bonds. The molecule has 10 heteroatoms. The van der Waals surface area contributed by atoms with Gasteiger partial charge in [0.05, 0.1) is 30.8 Å². The average molecular weight is 530 g/mol. The van der Waals surface area contributed by atoms with Crippen LogP contribution in [-0.4, -0.2) is 70.3 Å². The van der Waals surface area contributed by atoms with E-state index in [2.05, 4.69) is 15.0 Å². The lowest BCUT2D eigenvalue weighted by molar-refractivity contribution is 0.0322. The molecular formula is C29H28FN5O4. The van der Waals surface area contributed by atoms with Crippen molar-refractivity contribution in [1.82, 2.24) is 24.2 Å². The minimum atomic E-state index is -0.333. The molecule has 9 nitrogen and oxygen atoms in total. The van der Waals surface area contributed by atoms with E-state index in [-0.39, 0.29) is 24.5 Å². The number of halogens is 1. The molecule has 6 rings (SSSR count). The largest absolute Gasteiger partial charge is 0.492 e. The quantitative estimate of drug-likeness (QED) is 0.288. The Kier molecular flexibility index (Phi) is 7.20. The van der Waals surface area contributed by atoms with Crippen LogP contribution in [0.2, 0.25) is 0 Å². The number of fused-ring (bicyclic) bond motifs is 2. The third-order valence-electron chi connectivity index (χ3n) is 6.77. The number of nitrogens with zero attached hydrogens (tertiary/aromatic N) is 5. The molecule has 5 aromatic rings. The first-order chi connectivity index (χ1) is 19.1. The van der Waals surface area contributed by atoms with E-state index in [0.29, 0.717) is 23.7 Å². The number of pyridine rings is 1. The topological polar surface area (TPSA) is 83.6 Å². The third kappa shape index (κ3) is 5.62. The van der Waals surface area contributed by atoms with E-state index in [1.807, 2.05) is 30.5 Å². The molecule has 0 bridgehead atoms. The van der Waals surface area contributed by atoms with Crippen LogP contribution in [0.4, 0.5) is 4.39 Å². The summed E-state index contributed by atoms with van der Waals surface area (Å²) >= 11 is 0. The predicted octanol–water partition coefficient (Wildman–Crippen LogP) is 3.66. The van der Waals surface area contributed by atoms with Crippen molar-refractivity contribution in [2.45, 2.75) is 6.54 Å². The lowest BCUT2D eigenvalue weighted by atomic mass is 10.2. The number of hydrogen-bond acceptors (Lipinski definition) is 7. The van der Waals surface area contributed by atoms with Crippen molar-refractivity contribution in [1.29, 1.82) is 0 Å². The summed E-state index contributed by atoms with van der Waals surface area (Å²) in [6, 6.07) is 17.1. The maximum Gasteiger partial charge on any atom is 0.266 e. The van der Waals surface area contributed by atoms with E-state index in [1.54, 1.807) is 29.0 Å². The molecule has 0 unspecified atom stereocenters. The molecule has 4 heterocycles. The Labute approximate surface area is 224 Å². The first kappa shape index (κ1) is 25.0. The molecule has 200 valence electrons. The summed E-state index contributed by atoms with van der Waals surface area (Å²) in [5.74, 6) is 1.60. The Balaban J connectivity index is 1.11. The van der Waals surface area contributed by atoms with Gasteiger partial charge in [0.1, 0.15) is 30.5 Å². The zero-order valence-corrected chi connectivity index (χ0v) is 21.3.